The van der Waals surface area contributed by atoms with Crippen molar-refractivity contribution in [3.05, 3.63) is 18.6 Å². The molecular weight excluding hydrogens is 329 g/mol. The summed E-state index contributed by atoms with van der Waals surface area (Å²) in [7, 11) is 0. The molecule has 1 aromatic rings. The van der Waals surface area contributed by atoms with Crippen molar-refractivity contribution in [1.29, 1.82) is 0 Å². The predicted octanol–water partition coefficient (Wildman–Crippen LogP) is 3.43. The van der Waals surface area contributed by atoms with E-state index in [1.165, 1.54) is 6.33 Å². The lowest BCUT2D eigenvalue weighted by molar-refractivity contribution is -0.128. The van der Waals surface area contributed by atoms with E-state index in [2.05, 4.69) is 15.3 Å². The number of thioether (sulfide) groups is 1. The molecule has 1 amide bonds. The smallest absolute Gasteiger partial charge is 0.226 e. The zero-order valence-corrected chi connectivity index (χ0v) is 13.7. The Labute approximate surface area is 131 Å². The molecule has 0 aliphatic carbocycles. The Kier molecular flexibility index (Phi) is 5.74. The normalized spacial score (nSPS) is 14.0. The van der Waals surface area contributed by atoms with Gasteiger partial charge >= 0.3 is 0 Å². The van der Waals surface area contributed by atoms with Crippen molar-refractivity contribution >= 4 is 52.5 Å². The third-order valence-electron chi connectivity index (χ3n) is 2.03. The zero-order valence-electron chi connectivity index (χ0n) is 10.7. The summed E-state index contributed by atoms with van der Waals surface area (Å²) in [6.45, 7) is 5.35. The van der Waals surface area contributed by atoms with Gasteiger partial charge in [-0.25, -0.2) is 9.97 Å². The molecule has 106 valence electrons. The number of aromatic nitrogens is 2. The van der Waals surface area contributed by atoms with E-state index in [0.717, 1.165) is 11.8 Å². The van der Waals surface area contributed by atoms with Crippen LogP contribution < -0.4 is 5.32 Å². The fraction of sp³-hybridized carbons (Fsp3) is 0.545. The molecular formula is C11H14Cl3N3OS. The molecule has 0 unspecified atom stereocenters. The summed E-state index contributed by atoms with van der Waals surface area (Å²) < 4.78 is -1.64. The molecule has 0 radical (unpaired) electrons. The fourth-order valence-electron chi connectivity index (χ4n) is 0.983. The molecule has 1 heterocycles. The quantitative estimate of drug-likeness (QED) is 0.396. The number of halogens is 3. The van der Waals surface area contributed by atoms with Crippen LogP contribution >= 0.6 is 46.6 Å². The van der Waals surface area contributed by atoms with Crippen molar-refractivity contribution in [1.82, 2.24) is 15.3 Å². The minimum Gasteiger partial charge on any atom is -0.339 e. The highest BCUT2D eigenvalue weighted by Gasteiger charge is 2.37. The van der Waals surface area contributed by atoms with Crippen molar-refractivity contribution < 1.29 is 4.79 Å². The molecule has 8 heteroatoms. The molecule has 0 saturated carbocycles. The monoisotopic (exact) mass is 341 g/mol. The summed E-state index contributed by atoms with van der Waals surface area (Å²) >= 11 is 18.8. The van der Waals surface area contributed by atoms with Crippen LogP contribution in [0.2, 0.25) is 0 Å². The van der Waals surface area contributed by atoms with Gasteiger partial charge in [0.05, 0.1) is 0 Å². The standard InChI is InChI=1S/C11H14Cl3N3OS/c1-10(2,3)8(18)17-9(11(12,13)14)19-7-4-5-15-6-16-7/h4-6,9H,1-3H3,(H,17,18)/t9-/m1/s1. The maximum absolute atomic E-state index is 12.0. The summed E-state index contributed by atoms with van der Waals surface area (Å²) in [4.78, 5) is 19.8. The summed E-state index contributed by atoms with van der Waals surface area (Å²) in [6.07, 6.45) is 2.97. The van der Waals surface area contributed by atoms with E-state index in [0.29, 0.717) is 5.03 Å². The average Bonchev–Trinajstić information content (AvgIpc) is 2.27. The first-order valence-corrected chi connectivity index (χ1v) is 7.42. The molecule has 1 N–H and O–H groups in total. The van der Waals surface area contributed by atoms with Gasteiger partial charge in [0, 0.05) is 11.6 Å². The number of nitrogens with one attached hydrogen (secondary N) is 1. The molecule has 1 atom stereocenters. The van der Waals surface area contributed by atoms with E-state index in [1.54, 1.807) is 33.0 Å². The van der Waals surface area contributed by atoms with Crippen LogP contribution in [-0.4, -0.2) is 25.0 Å². The third kappa shape index (κ3) is 5.73. The Balaban J connectivity index is 2.83. The highest BCUT2D eigenvalue weighted by molar-refractivity contribution is 8.00. The number of rotatable bonds is 3. The van der Waals surface area contributed by atoms with E-state index in [9.17, 15) is 4.79 Å². The van der Waals surface area contributed by atoms with Gasteiger partial charge in [0.2, 0.25) is 9.70 Å². The fourth-order valence-corrected chi connectivity index (χ4v) is 2.34. The number of hydrogen-bond acceptors (Lipinski definition) is 4. The van der Waals surface area contributed by atoms with Crippen LogP contribution in [0.4, 0.5) is 0 Å². The summed E-state index contributed by atoms with van der Waals surface area (Å²) in [6, 6.07) is 1.68. The van der Waals surface area contributed by atoms with Gasteiger partial charge in [-0.15, -0.1) is 0 Å². The van der Waals surface area contributed by atoms with Gasteiger partial charge in [0.25, 0.3) is 0 Å². The molecule has 0 aliphatic heterocycles. The van der Waals surface area contributed by atoms with Crippen molar-refractivity contribution in [2.75, 3.05) is 0 Å². The average molecular weight is 343 g/mol. The van der Waals surface area contributed by atoms with Crippen LogP contribution in [0.3, 0.4) is 0 Å². The highest BCUT2D eigenvalue weighted by Crippen LogP contribution is 2.39. The van der Waals surface area contributed by atoms with Crippen LogP contribution in [0.15, 0.2) is 23.6 Å². The Morgan fingerprint density at radius 2 is 2.00 bits per heavy atom. The maximum Gasteiger partial charge on any atom is 0.226 e. The van der Waals surface area contributed by atoms with Gasteiger partial charge in [-0.3, -0.25) is 4.79 Å². The summed E-state index contributed by atoms with van der Waals surface area (Å²) in [5.74, 6) is -0.203. The van der Waals surface area contributed by atoms with Crippen LogP contribution in [0.1, 0.15) is 20.8 Å². The number of nitrogens with zero attached hydrogens (tertiary/aromatic N) is 2. The lowest BCUT2D eigenvalue weighted by Crippen LogP contribution is -2.46. The van der Waals surface area contributed by atoms with E-state index >= 15 is 0 Å². The van der Waals surface area contributed by atoms with Gasteiger partial charge in [0.15, 0.2) is 0 Å². The van der Waals surface area contributed by atoms with E-state index in [-0.39, 0.29) is 5.91 Å². The molecule has 1 aromatic heterocycles. The van der Waals surface area contributed by atoms with Gasteiger partial charge in [-0.1, -0.05) is 67.3 Å². The first-order valence-electron chi connectivity index (χ1n) is 5.41. The van der Waals surface area contributed by atoms with Gasteiger partial charge in [0.1, 0.15) is 16.7 Å². The van der Waals surface area contributed by atoms with Gasteiger partial charge in [-0.2, -0.15) is 0 Å². The Morgan fingerprint density at radius 3 is 2.42 bits per heavy atom. The van der Waals surface area contributed by atoms with Crippen molar-refractivity contribution in [2.45, 2.75) is 35.0 Å². The van der Waals surface area contributed by atoms with Crippen molar-refractivity contribution in [2.24, 2.45) is 5.41 Å². The van der Waals surface area contributed by atoms with Crippen LogP contribution in [0.5, 0.6) is 0 Å². The Bertz CT molecular complexity index is 431. The van der Waals surface area contributed by atoms with E-state index in [1.807, 2.05) is 0 Å². The van der Waals surface area contributed by atoms with Gasteiger partial charge < -0.3 is 5.32 Å². The lowest BCUT2D eigenvalue weighted by atomic mass is 9.96. The van der Waals surface area contributed by atoms with E-state index < -0.39 is 14.6 Å². The molecule has 0 fully saturated rings. The minimum absolute atomic E-state index is 0.203. The maximum atomic E-state index is 12.0. The summed E-state index contributed by atoms with van der Waals surface area (Å²) in [5.41, 5.74) is -0.569. The lowest BCUT2D eigenvalue weighted by Gasteiger charge is -2.28. The molecule has 4 nitrogen and oxygen atoms in total. The van der Waals surface area contributed by atoms with Crippen LogP contribution in [-0.2, 0) is 4.79 Å². The van der Waals surface area contributed by atoms with Crippen LogP contribution in [0.25, 0.3) is 0 Å². The number of carbonyl (C=O) groups is 1. The molecule has 19 heavy (non-hydrogen) atoms. The topological polar surface area (TPSA) is 54.9 Å². The number of hydrogen-bond donors (Lipinski definition) is 1. The predicted molar refractivity (Wildman–Crippen MR) is 79.6 cm³/mol. The Morgan fingerprint density at radius 1 is 1.37 bits per heavy atom. The molecule has 0 aromatic carbocycles. The van der Waals surface area contributed by atoms with Crippen molar-refractivity contribution in [3.63, 3.8) is 0 Å². The summed E-state index contributed by atoms with van der Waals surface area (Å²) in [5, 5.41) is 2.59. The zero-order chi connectivity index (χ0) is 14.7. The molecule has 0 bridgehead atoms. The molecule has 1 rings (SSSR count). The van der Waals surface area contributed by atoms with Gasteiger partial charge in [-0.05, 0) is 6.07 Å². The second-order valence-corrected chi connectivity index (χ2v) is 8.30. The van der Waals surface area contributed by atoms with E-state index in [4.69, 9.17) is 34.8 Å². The molecule has 0 saturated heterocycles. The molecule has 0 spiro atoms. The van der Waals surface area contributed by atoms with Crippen LogP contribution in [0, 0.1) is 5.41 Å². The highest BCUT2D eigenvalue weighted by atomic mass is 35.6. The number of carbonyl (C=O) groups excluding carboxylic acids is 1. The first-order chi connectivity index (χ1) is 8.60. The minimum atomic E-state index is -1.64. The van der Waals surface area contributed by atoms with Crippen molar-refractivity contribution in [3.8, 4) is 0 Å². The first kappa shape index (κ1) is 16.8. The Hall–Kier alpha value is -0.230. The largest absolute Gasteiger partial charge is 0.339 e. The number of amides is 1. The number of alkyl halides is 3. The SMILES string of the molecule is CC(C)(C)C(=O)N[C@H](Sc1ccncn1)C(Cl)(Cl)Cl. The third-order valence-corrected chi connectivity index (χ3v) is 4.27. The second-order valence-electron chi connectivity index (χ2n) is 4.81. The molecule has 0 aliphatic rings. The second kappa shape index (κ2) is 6.48.